The van der Waals surface area contributed by atoms with Crippen molar-refractivity contribution in [3.05, 3.63) is 81.3 Å². The molecule has 5 rings (SSSR count). The van der Waals surface area contributed by atoms with Gasteiger partial charge in [-0.1, -0.05) is 41.1 Å². The second-order valence-corrected chi connectivity index (χ2v) is 10.8. The van der Waals surface area contributed by atoms with Crippen LogP contribution < -0.4 is 10.1 Å². The summed E-state index contributed by atoms with van der Waals surface area (Å²) in [5.41, 5.74) is 0.971. The van der Waals surface area contributed by atoms with Crippen molar-refractivity contribution >= 4 is 50.7 Å². The fraction of sp³-hybridized carbons (Fsp3) is 0.321. The van der Waals surface area contributed by atoms with Crippen LogP contribution in [0.25, 0.3) is 11.2 Å². The molecule has 2 N–H and O–H groups in total. The number of imidazole rings is 1. The highest BCUT2D eigenvalue weighted by molar-refractivity contribution is 9.10. The van der Waals surface area contributed by atoms with E-state index in [4.69, 9.17) is 18.9 Å². The number of aliphatic hydroxyl groups is 1. The molecule has 230 valence electrons. The zero-order chi connectivity index (χ0) is 31.2. The monoisotopic (exact) mass is 670 g/mol. The van der Waals surface area contributed by atoms with Gasteiger partial charge >= 0.3 is 6.16 Å². The van der Waals surface area contributed by atoms with Crippen molar-refractivity contribution in [2.24, 2.45) is 0 Å². The van der Waals surface area contributed by atoms with Crippen molar-refractivity contribution in [2.45, 2.75) is 37.7 Å². The number of halogens is 1. The van der Waals surface area contributed by atoms with E-state index in [-0.39, 0.29) is 37.7 Å². The maximum Gasteiger partial charge on any atom is 0.508 e. The van der Waals surface area contributed by atoms with Crippen LogP contribution in [0.15, 0.2) is 65.7 Å². The first-order chi connectivity index (χ1) is 21.2. The second-order valence-electron chi connectivity index (χ2n) is 9.86. The summed E-state index contributed by atoms with van der Waals surface area (Å²) in [4.78, 5) is 48.3. The number of amides is 1. The number of nitrogens with zero attached hydrogens (tertiary/aromatic N) is 5. The predicted octanol–water partition coefficient (Wildman–Crippen LogP) is 4.12. The lowest BCUT2D eigenvalue weighted by molar-refractivity contribution is -0.385. The molecule has 0 saturated carbocycles. The number of nitro benzene ring substituents is 1. The number of aromatic nitrogens is 4. The highest BCUT2D eigenvalue weighted by Crippen LogP contribution is 2.33. The van der Waals surface area contributed by atoms with E-state index in [1.807, 2.05) is 6.07 Å². The van der Waals surface area contributed by atoms with Gasteiger partial charge in [0.05, 0.1) is 17.4 Å². The summed E-state index contributed by atoms with van der Waals surface area (Å²) in [6.45, 7) is 0.989. The van der Waals surface area contributed by atoms with Gasteiger partial charge in [-0.2, -0.15) is 0 Å². The van der Waals surface area contributed by atoms with E-state index in [1.165, 1.54) is 18.7 Å². The van der Waals surface area contributed by atoms with Gasteiger partial charge in [0.15, 0.2) is 23.6 Å². The zero-order valence-electron chi connectivity index (χ0n) is 23.2. The van der Waals surface area contributed by atoms with E-state index in [0.29, 0.717) is 26.9 Å². The van der Waals surface area contributed by atoms with Gasteiger partial charge in [0.2, 0.25) is 0 Å². The number of carbonyl (C=O) groups excluding carboxylic acids is 2. The molecule has 4 aromatic rings. The Labute approximate surface area is 258 Å². The minimum absolute atomic E-state index is 0.0879. The molecule has 1 amide bonds. The molecule has 1 aliphatic rings. The quantitative estimate of drug-likeness (QED) is 0.132. The number of nitrogens with one attached hydrogen (secondary N) is 1. The summed E-state index contributed by atoms with van der Waals surface area (Å²) in [6, 6.07) is 13.4. The van der Waals surface area contributed by atoms with Crippen LogP contribution in [-0.4, -0.2) is 73.6 Å². The molecule has 1 unspecified atom stereocenters. The second kappa shape index (κ2) is 13.7. The normalized spacial score (nSPS) is 18.5. The Bertz CT molecular complexity index is 1650. The Morgan fingerprint density at radius 3 is 2.77 bits per heavy atom. The van der Waals surface area contributed by atoms with Crippen LogP contribution in [0.2, 0.25) is 0 Å². The molecule has 1 aliphatic heterocycles. The SMILES string of the molecule is CC(COC(=O)OC[C@H]1O[C@@H](n2cnc3c(NC(=O)COc4ccccc4)ncnc32)C[C@@H]1O)c1cc(Br)ccc1[N+](=O)[O-]. The summed E-state index contributed by atoms with van der Waals surface area (Å²) < 4.78 is 23.9. The zero-order valence-corrected chi connectivity index (χ0v) is 24.8. The van der Waals surface area contributed by atoms with Gasteiger partial charge < -0.3 is 29.4 Å². The summed E-state index contributed by atoms with van der Waals surface area (Å²) in [7, 11) is 0. The van der Waals surface area contributed by atoms with Crippen molar-refractivity contribution in [3.8, 4) is 5.75 Å². The third-order valence-corrected chi connectivity index (χ3v) is 7.27. The molecule has 15 nitrogen and oxygen atoms in total. The predicted molar refractivity (Wildman–Crippen MR) is 157 cm³/mol. The molecule has 0 aliphatic carbocycles. The van der Waals surface area contributed by atoms with Gasteiger partial charge in [-0.15, -0.1) is 0 Å². The summed E-state index contributed by atoms with van der Waals surface area (Å²) in [5, 5.41) is 24.6. The molecule has 0 radical (unpaired) electrons. The molecule has 2 aromatic carbocycles. The molecule has 1 fully saturated rings. The Morgan fingerprint density at radius 2 is 2.00 bits per heavy atom. The number of nitro groups is 1. The molecule has 3 heterocycles. The van der Waals surface area contributed by atoms with Gasteiger partial charge in [-0.05, 0) is 24.3 Å². The van der Waals surface area contributed by atoms with E-state index < -0.39 is 41.3 Å². The fourth-order valence-corrected chi connectivity index (χ4v) is 4.96. The van der Waals surface area contributed by atoms with Crippen LogP contribution in [0, 0.1) is 10.1 Å². The Balaban J connectivity index is 1.14. The topological polar surface area (TPSA) is 190 Å². The van der Waals surface area contributed by atoms with Crippen molar-refractivity contribution in [1.82, 2.24) is 19.5 Å². The summed E-state index contributed by atoms with van der Waals surface area (Å²) in [5.74, 6) is -0.200. The van der Waals surface area contributed by atoms with Crippen molar-refractivity contribution in [2.75, 3.05) is 25.1 Å². The van der Waals surface area contributed by atoms with Gasteiger partial charge in [-0.3, -0.25) is 19.5 Å². The van der Waals surface area contributed by atoms with Gasteiger partial charge in [0.25, 0.3) is 11.6 Å². The van der Waals surface area contributed by atoms with Gasteiger partial charge in [-0.25, -0.2) is 19.7 Å². The first-order valence-corrected chi connectivity index (χ1v) is 14.2. The first kappa shape index (κ1) is 30.8. The van der Waals surface area contributed by atoms with E-state index in [1.54, 1.807) is 47.9 Å². The molecular formula is C28H27BrN6O9. The molecule has 2 aromatic heterocycles. The first-order valence-electron chi connectivity index (χ1n) is 13.4. The number of para-hydroxylation sites is 1. The highest BCUT2D eigenvalue weighted by Gasteiger charge is 2.37. The third kappa shape index (κ3) is 7.27. The standard InChI is InChI=1S/C28H27BrN6O9/c1-16(19-9-17(29)7-8-20(19)35(39)40)11-42-28(38)43-12-22-21(36)10-24(44-22)34-15-32-25-26(30-14-31-27(25)34)33-23(37)13-41-18-5-3-2-4-6-18/h2-9,14-16,21-22,24,36H,10-13H2,1H3,(H,30,31,33,37)/t16?,21-,22+,24+/m0/s1. The maximum atomic E-state index is 12.4. The largest absolute Gasteiger partial charge is 0.508 e. The van der Waals surface area contributed by atoms with Gasteiger partial charge in [0.1, 0.15) is 37.6 Å². The number of rotatable bonds is 11. The molecular weight excluding hydrogens is 644 g/mol. The lowest BCUT2D eigenvalue weighted by Crippen LogP contribution is -2.28. The number of benzene rings is 2. The molecule has 44 heavy (non-hydrogen) atoms. The number of aliphatic hydroxyl groups excluding tert-OH is 1. The molecule has 0 spiro atoms. The van der Waals surface area contributed by atoms with Crippen LogP contribution in [0.1, 0.15) is 31.1 Å². The fourth-order valence-electron chi connectivity index (χ4n) is 4.58. The molecule has 1 saturated heterocycles. The van der Waals surface area contributed by atoms with Crippen LogP contribution in [-0.2, 0) is 19.0 Å². The summed E-state index contributed by atoms with van der Waals surface area (Å²) in [6.07, 6.45) is -0.696. The van der Waals surface area contributed by atoms with E-state index in [2.05, 4.69) is 36.2 Å². The van der Waals surface area contributed by atoms with E-state index >= 15 is 0 Å². The third-order valence-electron chi connectivity index (χ3n) is 6.78. The van der Waals surface area contributed by atoms with Crippen LogP contribution in [0.4, 0.5) is 16.3 Å². The van der Waals surface area contributed by atoms with E-state index in [0.717, 1.165) is 0 Å². The maximum absolute atomic E-state index is 12.4. The minimum Gasteiger partial charge on any atom is -0.484 e. The summed E-state index contributed by atoms with van der Waals surface area (Å²) >= 11 is 3.29. The lowest BCUT2D eigenvalue weighted by atomic mass is 10.0. The molecule has 16 heteroatoms. The average molecular weight is 671 g/mol. The van der Waals surface area contributed by atoms with E-state index in [9.17, 15) is 24.8 Å². The van der Waals surface area contributed by atoms with Crippen molar-refractivity contribution in [3.63, 3.8) is 0 Å². The number of carbonyl (C=O) groups is 2. The molecule has 4 atom stereocenters. The molecule has 0 bridgehead atoms. The highest BCUT2D eigenvalue weighted by atomic mass is 79.9. The van der Waals surface area contributed by atoms with Crippen LogP contribution in [0.5, 0.6) is 5.75 Å². The number of ether oxygens (including phenoxy) is 4. The minimum atomic E-state index is -1.01. The van der Waals surface area contributed by atoms with Crippen LogP contribution >= 0.6 is 15.9 Å². The van der Waals surface area contributed by atoms with Crippen molar-refractivity contribution in [1.29, 1.82) is 0 Å². The lowest BCUT2D eigenvalue weighted by Gasteiger charge is -2.17. The Kier molecular flexibility index (Phi) is 9.62. The smallest absolute Gasteiger partial charge is 0.484 e. The van der Waals surface area contributed by atoms with Gasteiger partial charge in [0, 0.05) is 28.4 Å². The number of fused-ring (bicyclic) bond motifs is 1. The Morgan fingerprint density at radius 1 is 1.20 bits per heavy atom. The number of anilines is 1. The average Bonchev–Trinajstić information content (AvgIpc) is 3.61. The van der Waals surface area contributed by atoms with Crippen LogP contribution in [0.3, 0.4) is 0 Å². The van der Waals surface area contributed by atoms with Crippen molar-refractivity contribution < 1.29 is 38.6 Å². The Hall–Kier alpha value is -4.67. The number of hydrogen-bond acceptors (Lipinski definition) is 12. The number of hydrogen-bond donors (Lipinski definition) is 2.